The van der Waals surface area contributed by atoms with E-state index in [1.165, 1.54) is 0 Å². The topological polar surface area (TPSA) is 30.8 Å². The van der Waals surface area contributed by atoms with E-state index in [4.69, 9.17) is 9.57 Å². The molecule has 3 nitrogen and oxygen atoms in total. The van der Waals surface area contributed by atoms with Crippen LogP contribution >= 0.6 is 0 Å². The fraction of sp³-hybridized carbons (Fsp3) is 0.417. The first kappa shape index (κ1) is 11.6. The normalized spacial score (nSPS) is 10.5. The molecule has 0 saturated carbocycles. The smallest absolute Gasteiger partial charge is 0.118 e. The molecule has 0 aliphatic rings. The van der Waals surface area contributed by atoms with Crippen molar-refractivity contribution in [3.63, 3.8) is 0 Å². The first-order chi connectivity index (χ1) is 7.36. The molecular formula is C12H17NO2. The van der Waals surface area contributed by atoms with Gasteiger partial charge in [0.15, 0.2) is 0 Å². The van der Waals surface area contributed by atoms with Crippen LogP contribution in [0.2, 0.25) is 0 Å². The number of rotatable bonds is 6. The third kappa shape index (κ3) is 4.49. The highest BCUT2D eigenvalue weighted by atomic mass is 16.6. The highest BCUT2D eigenvalue weighted by molar-refractivity contribution is 5.79. The Hall–Kier alpha value is -1.51. The van der Waals surface area contributed by atoms with Gasteiger partial charge in [0, 0.05) is 0 Å². The Labute approximate surface area is 90.7 Å². The van der Waals surface area contributed by atoms with Crippen molar-refractivity contribution < 1.29 is 9.57 Å². The van der Waals surface area contributed by atoms with E-state index >= 15 is 0 Å². The number of hydrogen-bond donors (Lipinski definition) is 0. The highest BCUT2D eigenvalue weighted by Crippen LogP contribution is 2.09. The lowest BCUT2D eigenvalue weighted by atomic mass is 10.2. The van der Waals surface area contributed by atoms with Crippen LogP contribution in [-0.2, 0) is 4.84 Å². The van der Waals surface area contributed by atoms with Crippen LogP contribution in [0.1, 0.15) is 25.3 Å². The predicted octanol–water partition coefficient (Wildman–Crippen LogP) is 2.85. The Kier molecular flexibility index (Phi) is 5.30. The number of unbranched alkanes of at least 4 members (excludes halogenated alkanes) is 1. The summed E-state index contributed by atoms with van der Waals surface area (Å²) in [5, 5.41) is 3.87. The van der Waals surface area contributed by atoms with Crippen LogP contribution in [0.5, 0.6) is 5.75 Å². The van der Waals surface area contributed by atoms with Gasteiger partial charge in [-0.1, -0.05) is 18.5 Å². The molecule has 0 saturated heterocycles. The Morgan fingerprint density at radius 1 is 1.27 bits per heavy atom. The lowest BCUT2D eigenvalue weighted by Crippen LogP contribution is -1.88. The van der Waals surface area contributed by atoms with Crippen molar-refractivity contribution >= 4 is 6.21 Å². The Balaban J connectivity index is 2.36. The number of methoxy groups -OCH3 is 1. The highest BCUT2D eigenvalue weighted by Gasteiger charge is 1.90. The first-order valence-electron chi connectivity index (χ1n) is 5.16. The molecule has 3 heteroatoms. The Morgan fingerprint density at radius 3 is 2.60 bits per heavy atom. The summed E-state index contributed by atoms with van der Waals surface area (Å²) in [4.78, 5) is 5.07. The monoisotopic (exact) mass is 207 g/mol. The van der Waals surface area contributed by atoms with Gasteiger partial charge < -0.3 is 9.57 Å². The maximum atomic E-state index is 5.07. The van der Waals surface area contributed by atoms with Crippen LogP contribution in [0.25, 0.3) is 0 Å². The third-order valence-corrected chi connectivity index (χ3v) is 1.98. The van der Waals surface area contributed by atoms with Gasteiger partial charge in [-0.3, -0.25) is 0 Å². The molecule has 0 aliphatic heterocycles. The van der Waals surface area contributed by atoms with Gasteiger partial charge in [-0.2, -0.15) is 0 Å². The average Bonchev–Trinajstić information content (AvgIpc) is 2.30. The van der Waals surface area contributed by atoms with Crippen molar-refractivity contribution in [3.8, 4) is 5.75 Å². The first-order valence-corrected chi connectivity index (χ1v) is 5.16. The largest absolute Gasteiger partial charge is 0.497 e. The van der Waals surface area contributed by atoms with Crippen LogP contribution in [0, 0.1) is 0 Å². The molecule has 82 valence electrons. The maximum absolute atomic E-state index is 5.07. The van der Waals surface area contributed by atoms with E-state index in [9.17, 15) is 0 Å². The van der Waals surface area contributed by atoms with E-state index < -0.39 is 0 Å². The van der Waals surface area contributed by atoms with Crippen molar-refractivity contribution in [3.05, 3.63) is 29.8 Å². The number of nitrogens with zero attached hydrogens (tertiary/aromatic N) is 1. The van der Waals surface area contributed by atoms with Gasteiger partial charge in [0.25, 0.3) is 0 Å². The van der Waals surface area contributed by atoms with Crippen molar-refractivity contribution in [2.45, 2.75) is 19.8 Å². The van der Waals surface area contributed by atoms with E-state index in [2.05, 4.69) is 12.1 Å². The molecule has 0 heterocycles. The summed E-state index contributed by atoms with van der Waals surface area (Å²) < 4.78 is 5.05. The zero-order valence-electron chi connectivity index (χ0n) is 9.27. The van der Waals surface area contributed by atoms with Gasteiger partial charge in [0.1, 0.15) is 12.4 Å². The molecule has 1 aromatic rings. The van der Waals surface area contributed by atoms with Crippen LogP contribution in [0.3, 0.4) is 0 Å². The summed E-state index contributed by atoms with van der Waals surface area (Å²) in [7, 11) is 1.65. The van der Waals surface area contributed by atoms with Gasteiger partial charge in [-0.15, -0.1) is 0 Å². The number of ether oxygens (including phenoxy) is 1. The van der Waals surface area contributed by atoms with Crippen molar-refractivity contribution in [2.75, 3.05) is 13.7 Å². The fourth-order valence-corrected chi connectivity index (χ4v) is 1.05. The summed E-state index contributed by atoms with van der Waals surface area (Å²) >= 11 is 0. The molecule has 0 unspecified atom stereocenters. The van der Waals surface area contributed by atoms with E-state index in [1.54, 1.807) is 13.3 Å². The molecule has 0 radical (unpaired) electrons. The second kappa shape index (κ2) is 6.87. The van der Waals surface area contributed by atoms with Crippen LogP contribution in [-0.4, -0.2) is 19.9 Å². The third-order valence-electron chi connectivity index (χ3n) is 1.98. The summed E-state index contributed by atoms with van der Waals surface area (Å²) in [6, 6.07) is 7.66. The van der Waals surface area contributed by atoms with Gasteiger partial charge >= 0.3 is 0 Å². The summed E-state index contributed by atoms with van der Waals surface area (Å²) in [6.07, 6.45) is 3.87. The second-order valence-electron chi connectivity index (χ2n) is 3.19. The fourth-order valence-electron chi connectivity index (χ4n) is 1.05. The lowest BCUT2D eigenvalue weighted by molar-refractivity contribution is 0.143. The molecule has 0 aromatic heterocycles. The minimum atomic E-state index is 0.684. The van der Waals surface area contributed by atoms with Gasteiger partial charge in [0.2, 0.25) is 0 Å². The molecule has 0 aliphatic carbocycles. The molecule has 0 amide bonds. The molecular weight excluding hydrogens is 190 g/mol. The minimum absolute atomic E-state index is 0.684. The summed E-state index contributed by atoms with van der Waals surface area (Å²) in [5.74, 6) is 0.846. The molecule has 0 spiro atoms. The molecule has 0 bridgehead atoms. The van der Waals surface area contributed by atoms with Crippen LogP contribution in [0.4, 0.5) is 0 Å². The van der Waals surface area contributed by atoms with Crippen LogP contribution < -0.4 is 4.74 Å². The predicted molar refractivity (Wildman–Crippen MR) is 61.4 cm³/mol. The number of oxime groups is 1. The number of hydrogen-bond acceptors (Lipinski definition) is 3. The molecule has 15 heavy (non-hydrogen) atoms. The van der Waals surface area contributed by atoms with Crippen molar-refractivity contribution in [1.29, 1.82) is 0 Å². The van der Waals surface area contributed by atoms with Crippen molar-refractivity contribution in [2.24, 2.45) is 5.16 Å². The van der Waals surface area contributed by atoms with Crippen LogP contribution in [0.15, 0.2) is 29.4 Å². The Bertz CT molecular complexity index is 293. The second-order valence-corrected chi connectivity index (χ2v) is 3.19. The molecule has 1 rings (SSSR count). The average molecular weight is 207 g/mol. The summed E-state index contributed by atoms with van der Waals surface area (Å²) in [5.41, 5.74) is 1.01. The van der Waals surface area contributed by atoms with E-state index in [0.717, 1.165) is 24.2 Å². The lowest BCUT2D eigenvalue weighted by Gasteiger charge is -1.99. The van der Waals surface area contributed by atoms with Crippen molar-refractivity contribution in [1.82, 2.24) is 0 Å². The molecule has 0 atom stereocenters. The minimum Gasteiger partial charge on any atom is -0.497 e. The molecule has 0 fully saturated rings. The van der Waals surface area contributed by atoms with Gasteiger partial charge in [-0.25, -0.2) is 0 Å². The maximum Gasteiger partial charge on any atom is 0.118 e. The molecule has 0 N–H and O–H groups in total. The number of benzene rings is 1. The summed E-state index contributed by atoms with van der Waals surface area (Å²) in [6.45, 7) is 2.81. The quantitative estimate of drug-likeness (QED) is 0.408. The standard InChI is InChI=1S/C12H17NO2/c1-3-4-9-15-13-10-11-5-7-12(14-2)8-6-11/h5-8,10H,3-4,9H2,1-2H3. The Morgan fingerprint density at radius 2 is 2.00 bits per heavy atom. The van der Waals surface area contributed by atoms with E-state index in [0.29, 0.717) is 6.61 Å². The van der Waals surface area contributed by atoms with Gasteiger partial charge in [0.05, 0.1) is 13.3 Å². The molecule has 1 aromatic carbocycles. The van der Waals surface area contributed by atoms with E-state index in [-0.39, 0.29) is 0 Å². The zero-order chi connectivity index (χ0) is 10.9. The SMILES string of the molecule is CCCCON=Cc1ccc(OC)cc1. The van der Waals surface area contributed by atoms with Gasteiger partial charge in [-0.05, 0) is 36.2 Å². The van der Waals surface area contributed by atoms with E-state index in [1.807, 2.05) is 24.3 Å². The zero-order valence-corrected chi connectivity index (χ0v) is 9.27.